The molecule has 0 bridgehead atoms. The molecule has 126 valence electrons. The molecular formula is C19H23N3OS. The third-order valence-corrected chi connectivity index (χ3v) is 3.98. The van der Waals surface area contributed by atoms with E-state index in [1.807, 2.05) is 24.3 Å². The van der Waals surface area contributed by atoms with Crippen molar-refractivity contribution in [3.63, 3.8) is 0 Å². The minimum absolute atomic E-state index is 0.0320. The first-order valence-electron chi connectivity index (χ1n) is 8.07. The number of nitrogens with zero attached hydrogens (tertiary/aromatic N) is 1. The fraction of sp³-hybridized carbons (Fsp3) is 0.263. The Hall–Kier alpha value is -2.40. The van der Waals surface area contributed by atoms with Crippen molar-refractivity contribution in [2.45, 2.75) is 20.8 Å². The Morgan fingerprint density at radius 2 is 1.62 bits per heavy atom. The third-order valence-electron chi connectivity index (χ3n) is 3.78. The topological polar surface area (TPSA) is 44.4 Å². The molecule has 4 nitrogen and oxygen atoms in total. The van der Waals surface area contributed by atoms with Crippen LogP contribution in [0.2, 0.25) is 0 Å². The number of benzene rings is 2. The van der Waals surface area contributed by atoms with E-state index < -0.39 is 0 Å². The highest BCUT2D eigenvalue weighted by atomic mass is 32.1. The summed E-state index contributed by atoms with van der Waals surface area (Å²) in [4.78, 5) is 13.7. The average molecular weight is 341 g/mol. The zero-order chi connectivity index (χ0) is 17.5. The molecule has 0 aliphatic rings. The predicted octanol–water partition coefficient (Wildman–Crippen LogP) is 4.54. The fourth-order valence-corrected chi connectivity index (χ4v) is 2.69. The third kappa shape index (κ3) is 4.80. The van der Waals surface area contributed by atoms with E-state index in [1.165, 1.54) is 5.69 Å². The van der Waals surface area contributed by atoms with Crippen LogP contribution >= 0.6 is 12.2 Å². The molecule has 2 aromatic rings. The standard InChI is InChI=1S/C19H23N3OS/c1-4-22(5-2)18-11-9-16(10-12-18)20-19(24)21-17-8-6-7-15(13-17)14(3)23/h6-13H,4-5H2,1-3H3,(H2,20,21,24). The van der Waals surface area contributed by atoms with Crippen molar-refractivity contribution in [3.8, 4) is 0 Å². The van der Waals surface area contributed by atoms with E-state index in [4.69, 9.17) is 12.2 Å². The van der Waals surface area contributed by atoms with Crippen molar-refractivity contribution in [2.75, 3.05) is 28.6 Å². The molecular weight excluding hydrogens is 318 g/mol. The maximum absolute atomic E-state index is 11.4. The largest absolute Gasteiger partial charge is 0.372 e. The number of carbonyl (C=O) groups excluding carboxylic acids is 1. The van der Waals surface area contributed by atoms with Gasteiger partial charge in [0.2, 0.25) is 0 Å². The first-order valence-corrected chi connectivity index (χ1v) is 8.48. The Kier molecular flexibility index (Phi) is 6.32. The van der Waals surface area contributed by atoms with Crippen molar-refractivity contribution in [1.29, 1.82) is 0 Å². The molecule has 0 aliphatic carbocycles. The van der Waals surface area contributed by atoms with Crippen molar-refractivity contribution in [1.82, 2.24) is 0 Å². The number of Topliss-reactive ketones (excluding diaryl/α,β-unsaturated/α-hetero) is 1. The smallest absolute Gasteiger partial charge is 0.175 e. The van der Waals surface area contributed by atoms with Gasteiger partial charge in [0.25, 0.3) is 0 Å². The number of carbonyl (C=O) groups is 1. The molecule has 24 heavy (non-hydrogen) atoms. The van der Waals surface area contributed by atoms with Crippen LogP contribution in [-0.4, -0.2) is 24.0 Å². The van der Waals surface area contributed by atoms with Gasteiger partial charge in [-0.1, -0.05) is 12.1 Å². The van der Waals surface area contributed by atoms with E-state index in [0.29, 0.717) is 10.7 Å². The highest BCUT2D eigenvalue weighted by Crippen LogP contribution is 2.18. The van der Waals surface area contributed by atoms with E-state index in [9.17, 15) is 4.79 Å². The van der Waals surface area contributed by atoms with Crippen LogP contribution < -0.4 is 15.5 Å². The minimum atomic E-state index is 0.0320. The number of thiocarbonyl (C=S) groups is 1. The summed E-state index contributed by atoms with van der Waals surface area (Å²) in [6.45, 7) is 7.80. The number of rotatable bonds is 6. The lowest BCUT2D eigenvalue weighted by molar-refractivity contribution is 0.101. The van der Waals surface area contributed by atoms with Gasteiger partial charge in [-0.15, -0.1) is 0 Å². The SMILES string of the molecule is CCN(CC)c1ccc(NC(=S)Nc2cccc(C(C)=O)c2)cc1. The average Bonchev–Trinajstić information content (AvgIpc) is 2.57. The number of anilines is 3. The van der Waals surface area contributed by atoms with Crippen LogP contribution in [0.5, 0.6) is 0 Å². The van der Waals surface area contributed by atoms with Crippen molar-refractivity contribution in [3.05, 3.63) is 54.1 Å². The second kappa shape index (κ2) is 8.45. The summed E-state index contributed by atoms with van der Waals surface area (Å²) >= 11 is 5.34. The summed E-state index contributed by atoms with van der Waals surface area (Å²) in [5, 5.41) is 6.75. The van der Waals surface area contributed by atoms with E-state index in [-0.39, 0.29) is 5.78 Å². The van der Waals surface area contributed by atoms with Crippen LogP contribution in [0.1, 0.15) is 31.1 Å². The van der Waals surface area contributed by atoms with Crippen LogP contribution in [0.4, 0.5) is 17.1 Å². The maximum atomic E-state index is 11.4. The molecule has 5 heteroatoms. The molecule has 0 spiro atoms. The van der Waals surface area contributed by atoms with Gasteiger partial charge in [0.05, 0.1) is 0 Å². The van der Waals surface area contributed by atoms with Gasteiger partial charge in [-0.2, -0.15) is 0 Å². The first-order chi connectivity index (χ1) is 11.5. The van der Waals surface area contributed by atoms with Gasteiger partial charge in [0.15, 0.2) is 10.9 Å². The summed E-state index contributed by atoms with van der Waals surface area (Å²) in [6, 6.07) is 15.5. The Morgan fingerprint density at radius 3 is 2.21 bits per heavy atom. The van der Waals surface area contributed by atoms with Gasteiger partial charge in [0.1, 0.15) is 0 Å². The molecule has 0 fully saturated rings. The molecule has 0 amide bonds. The Labute approximate surface area is 148 Å². The zero-order valence-corrected chi connectivity index (χ0v) is 15.1. The van der Waals surface area contributed by atoms with Gasteiger partial charge in [-0.25, -0.2) is 0 Å². The summed E-state index contributed by atoms with van der Waals surface area (Å²) < 4.78 is 0. The molecule has 0 heterocycles. The number of ketones is 1. The Balaban J connectivity index is 1.99. The molecule has 0 atom stereocenters. The zero-order valence-electron chi connectivity index (χ0n) is 14.3. The summed E-state index contributed by atoms with van der Waals surface area (Å²) in [5.41, 5.74) is 3.57. The van der Waals surface area contributed by atoms with Gasteiger partial charge in [0, 0.05) is 35.7 Å². The van der Waals surface area contributed by atoms with Crippen LogP contribution in [-0.2, 0) is 0 Å². The van der Waals surface area contributed by atoms with Crippen molar-refractivity contribution >= 4 is 40.2 Å². The van der Waals surface area contributed by atoms with Gasteiger partial charge in [-0.3, -0.25) is 4.79 Å². The Morgan fingerprint density at radius 1 is 1.00 bits per heavy atom. The molecule has 0 aromatic heterocycles. The van der Waals surface area contributed by atoms with Crippen molar-refractivity contribution in [2.24, 2.45) is 0 Å². The lowest BCUT2D eigenvalue weighted by atomic mass is 10.1. The summed E-state index contributed by atoms with van der Waals surface area (Å²) in [6.07, 6.45) is 0. The normalized spacial score (nSPS) is 10.1. The number of nitrogens with one attached hydrogen (secondary N) is 2. The molecule has 0 saturated carbocycles. The van der Waals surface area contributed by atoms with Gasteiger partial charge < -0.3 is 15.5 Å². The number of hydrogen-bond acceptors (Lipinski definition) is 3. The molecule has 0 radical (unpaired) electrons. The van der Waals surface area contributed by atoms with Crippen LogP contribution in [0.25, 0.3) is 0 Å². The summed E-state index contributed by atoms with van der Waals surface area (Å²) in [5.74, 6) is 0.0320. The lowest BCUT2D eigenvalue weighted by Gasteiger charge is -2.21. The molecule has 2 N–H and O–H groups in total. The van der Waals surface area contributed by atoms with E-state index in [0.717, 1.165) is 24.5 Å². The second-order valence-electron chi connectivity index (χ2n) is 5.44. The highest BCUT2D eigenvalue weighted by Gasteiger charge is 2.04. The van der Waals surface area contributed by atoms with E-state index in [1.54, 1.807) is 19.1 Å². The second-order valence-corrected chi connectivity index (χ2v) is 5.84. The molecule has 2 rings (SSSR count). The number of hydrogen-bond donors (Lipinski definition) is 2. The Bertz CT molecular complexity index is 709. The quantitative estimate of drug-likeness (QED) is 0.596. The van der Waals surface area contributed by atoms with Crippen molar-refractivity contribution < 1.29 is 4.79 Å². The van der Waals surface area contributed by atoms with E-state index in [2.05, 4.69) is 41.5 Å². The van der Waals surface area contributed by atoms with Crippen LogP contribution in [0.3, 0.4) is 0 Å². The lowest BCUT2D eigenvalue weighted by Crippen LogP contribution is -2.22. The van der Waals surface area contributed by atoms with Crippen LogP contribution in [0.15, 0.2) is 48.5 Å². The van der Waals surface area contributed by atoms with Crippen LogP contribution in [0, 0.1) is 0 Å². The molecule has 0 unspecified atom stereocenters. The minimum Gasteiger partial charge on any atom is -0.372 e. The highest BCUT2D eigenvalue weighted by molar-refractivity contribution is 7.80. The van der Waals surface area contributed by atoms with Gasteiger partial charge >= 0.3 is 0 Å². The predicted molar refractivity (Wildman–Crippen MR) is 106 cm³/mol. The molecule has 2 aromatic carbocycles. The van der Waals surface area contributed by atoms with Gasteiger partial charge in [-0.05, 0) is 69.4 Å². The fourth-order valence-electron chi connectivity index (χ4n) is 2.45. The summed E-state index contributed by atoms with van der Waals surface area (Å²) in [7, 11) is 0. The molecule has 0 aliphatic heterocycles. The molecule has 0 saturated heterocycles. The maximum Gasteiger partial charge on any atom is 0.175 e. The monoisotopic (exact) mass is 341 g/mol. The van der Waals surface area contributed by atoms with E-state index >= 15 is 0 Å². The first kappa shape index (κ1) is 17.9.